The van der Waals surface area contributed by atoms with E-state index in [-0.39, 0.29) is 13.0 Å². The zero-order valence-corrected chi connectivity index (χ0v) is 12.8. The van der Waals surface area contributed by atoms with Crippen molar-refractivity contribution in [3.8, 4) is 0 Å². The number of nitrogens with one attached hydrogen (secondary N) is 1. The minimum atomic E-state index is -4.44. The molecule has 0 aromatic heterocycles. The topological polar surface area (TPSA) is 76.4 Å². The van der Waals surface area contributed by atoms with Crippen LogP contribution in [0.3, 0.4) is 0 Å². The first-order valence-electron chi connectivity index (χ1n) is 7.15. The molecule has 7 heteroatoms. The molecule has 22 heavy (non-hydrogen) atoms. The number of alkyl halides is 3. The van der Waals surface area contributed by atoms with Gasteiger partial charge in [-0.15, -0.1) is 0 Å². The highest BCUT2D eigenvalue weighted by Crippen LogP contribution is 2.25. The van der Waals surface area contributed by atoms with Gasteiger partial charge >= 0.3 is 6.18 Å². The van der Waals surface area contributed by atoms with Crippen LogP contribution in [-0.4, -0.2) is 24.7 Å². The van der Waals surface area contributed by atoms with Crippen LogP contribution in [0.15, 0.2) is 29.3 Å². The maximum atomic E-state index is 12.7. The summed E-state index contributed by atoms with van der Waals surface area (Å²) in [6.45, 7) is 4.89. The van der Waals surface area contributed by atoms with E-state index >= 15 is 0 Å². The second-order valence-electron chi connectivity index (χ2n) is 5.47. The Labute approximate surface area is 128 Å². The Balaban J connectivity index is 2.44. The molecule has 5 N–H and O–H groups in total. The normalized spacial score (nSPS) is 13.2. The average molecular weight is 316 g/mol. The smallest absolute Gasteiger partial charge is 0.370 e. The molecular weight excluding hydrogens is 293 g/mol. The van der Waals surface area contributed by atoms with Gasteiger partial charge in [0, 0.05) is 6.54 Å². The lowest BCUT2D eigenvalue weighted by atomic mass is 10.0. The Morgan fingerprint density at radius 2 is 1.77 bits per heavy atom. The van der Waals surface area contributed by atoms with Gasteiger partial charge < -0.3 is 16.8 Å². The fourth-order valence-corrected chi connectivity index (χ4v) is 1.97. The fourth-order valence-electron chi connectivity index (χ4n) is 1.97. The third-order valence-electron chi connectivity index (χ3n) is 3.25. The molecule has 0 amide bonds. The van der Waals surface area contributed by atoms with Gasteiger partial charge in [-0.2, -0.15) is 13.2 Å². The quantitative estimate of drug-likeness (QED) is 0.411. The summed E-state index contributed by atoms with van der Waals surface area (Å²) < 4.78 is 38.1. The Morgan fingerprint density at radius 1 is 1.18 bits per heavy atom. The number of aliphatic imine (C=N–C) groups is 1. The molecule has 1 aromatic carbocycles. The minimum Gasteiger partial charge on any atom is -0.370 e. The monoisotopic (exact) mass is 316 g/mol. The van der Waals surface area contributed by atoms with Gasteiger partial charge in [-0.05, 0) is 30.0 Å². The van der Waals surface area contributed by atoms with Crippen molar-refractivity contribution in [3.63, 3.8) is 0 Å². The maximum absolute atomic E-state index is 12.7. The zero-order valence-electron chi connectivity index (χ0n) is 12.8. The van der Waals surface area contributed by atoms with Crippen LogP contribution in [0.4, 0.5) is 13.2 Å². The Kier molecular flexibility index (Phi) is 6.67. The van der Waals surface area contributed by atoms with E-state index in [1.54, 1.807) is 0 Å². The number of guanidine groups is 1. The summed E-state index contributed by atoms with van der Waals surface area (Å²) in [5, 5.41) is 2.98. The second kappa shape index (κ2) is 8.03. The average Bonchev–Trinajstić information content (AvgIpc) is 2.41. The van der Waals surface area contributed by atoms with E-state index in [4.69, 9.17) is 11.5 Å². The highest BCUT2D eigenvalue weighted by atomic mass is 19.4. The van der Waals surface area contributed by atoms with Crippen LogP contribution in [0.25, 0.3) is 0 Å². The van der Waals surface area contributed by atoms with Gasteiger partial charge in [-0.25, -0.2) is 4.99 Å². The standard InChI is InChI=1S/C15H23F3N4/c1-10(2)12-5-3-11(4-6-12)9-21-8-7-13(15(16,17)18)22-14(19)20/h3-6,10,13,21H,7-9H2,1-2H3,(H4,19,20,22). The SMILES string of the molecule is CC(C)c1ccc(CNCCC(N=C(N)N)C(F)(F)F)cc1. The summed E-state index contributed by atoms with van der Waals surface area (Å²) in [7, 11) is 0. The molecule has 0 radical (unpaired) electrons. The van der Waals surface area contributed by atoms with Crippen molar-refractivity contribution in [2.45, 2.75) is 44.9 Å². The van der Waals surface area contributed by atoms with Crippen molar-refractivity contribution in [2.75, 3.05) is 6.54 Å². The zero-order chi connectivity index (χ0) is 16.8. The van der Waals surface area contributed by atoms with Crippen LogP contribution in [-0.2, 0) is 6.54 Å². The molecule has 1 aromatic rings. The first kappa shape index (κ1) is 18.3. The molecule has 0 fully saturated rings. The molecule has 1 atom stereocenters. The lowest BCUT2D eigenvalue weighted by molar-refractivity contribution is -0.147. The second-order valence-corrected chi connectivity index (χ2v) is 5.47. The Bertz CT molecular complexity index is 477. The van der Waals surface area contributed by atoms with E-state index in [9.17, 15) is 13.2 Å². The van der Waals surface area contributed by atoms with Gasteiger partial charge in [0.1, 0.15) is 0 Å². The first-order chi connectivity index (χ1) is 10.2. The van der Waals surface area contributed by atoms with Gasteiger partial charge in [0.2, 0.25) is 0 Å². The van der Waals surface area contributed by atoms with Crippen molar-refractivity contribution in [1.29, 1.82) is 0 Å². The predicted molar refractivity (Wildman–Crippen MR) is 82.5 cm³/mol. The molecule has 4 nitrogen and oxygen atoms in total. The molecule has 1 unspecified atom stereocenters. The fraction of sp³-hybridized carbons (Fsp3) is 0.533. The van der Waals surface area contributed by atoms with Crippen molar-refractivity contribution >= 4 is 5.96 Å². The highest BCUT2D eigenvalue weighted by Gasteiger charge is 2.39. The number of nitrogens with two attached hydrogens (primary N) is 2. The molecule has 124 valence electrons. The van der Waals surface area contributed by atoms with Crippen LogP contribution < -0.4 is 16.8 Å². The van der Waals surface area contributed by atoms with Crippen LogP contribution in [0.5, 0.6) is 0 Å². The first-order valence-corrected chi connectivity index (χ1v) is 7.15. The Morgan fingerprint density at radius 3 is 2.23 bits per heavy atom. The number of rotatable bonds is 7. The van der Waals surface area contributed by atoms with E-state index in [0.717, 1.165) is 5.56 Å². The summed E-state index contributed by atoms with van der Waals surface area (Å²) in [6, 6.07) is 6.13. The van der Waals surface area contributed by atoms with E-state index in [0.29, 0.717) is 12.5 Å². The van der Waals surface area contributed by atoms with E-state index < -0.39 is 18.2 Å². The summed E-state index contributed by atoms with van der Waals surface area (Å²) in [5.41, 5.74) is 12.3. The molecule has 0 spiro atoms. The van der Waals surface area contributed by atoms with Gasteiger partial charge in [0.25, 0.3) is 0 Å². The summed E-state index contributed by atoms with van der Waals surface area (Å²) >= 11 is 0. The van der Waals surface area contributed by atoms with Gasteiger partial charge in [-0.3, -0.25) is 0 Å². The molecule has 0 saturated heterocycles. The molecular formula is C15H23F3N4. The summed E-state index contributed by atoms with van der Waals surface area (Å²) in [4.78, 5) is 3.23. The molecule has 0 saturated carbocycles. The van der Waals surface area contributed by atoms with Crippen molar-refractivity contribution in [3.05, 3.63) is 35.4 Å². The van der Waals surface area contributed by atoms with Gasteiger partial charge in [0.15, 0.2) is 12.0 Å². The largest absolute Gasteiger partial charge is 0.410 e. The third kappa shape index (κ3) is 6.34. The van der Waals surface area contributed by atoms with E-state index in [2.05, 4.69) is 24.2 Å². The summed E-state index contributed by atoms with van der Waals surface area (Å²) in [5.74, 6) is -0.0965. The number of halogens is 3. The maximum Gasteiger partial charge on any atom is 0.410 e. The van der Waals surface area contributed by atoms with E-state index in [1.165, 1.54) is 5.56 Å². The van der Waals surface area contributed by atoms with Gasteiger partial charge in [0.05, 0.1) is 0 Å². The van der Waals surface area contributed by atoms with Crippen LogP contribution in [0.1, 0.15) is 37.3 Å². The van der Waals surface area contributed by atoms with Crippen LogP contribution in [0.2, 0.25) is 0 Å². The Hall–Kier alpha value is -1.76. The van der Waals surface area contributed by atoms with Crippen LogP contribution >= 0.6 is 0 Å². The van der Waals surface area contributed by atoms with Crippen molar-refractivity contribution < 1.29 is 13.2 Å². The summed E-state index contributed by atoms with van der Waals surface area (Å²) in [6.07, 6.45) is -4.64. The molecule has 0 aliphatic rings. The molecule has 1 rings (SSSR count). The van der Waals surface area contributed by atoms with Crippen molar-refractivity contribution in [2.24, 2.45) is 16.5 Å². The number of hydrogen-bond donors (Lipinski definition) is 3. The third-order valence-corrected chi connectivity index (χ3v) is 3.25. The van der Waals surface area contributed by atoms with Crippen molar-refractivity contribution in [1.82, 2.24) is 5.32 Å². The minimum absolute atomic E-state index is 0.174. The van der Waals surface area contributed by atoms with Gasteiger partial charge in [-0.1, -0.05) is 38.1 Å². The predicted octanol–water partition coefficient (Wildman–Crippen LogP) is 2.49. The van der Waals surface area contributed by atoms with E-state index in [1.807, 2.05) is 24.3 Å². The lowest BCUT2D eigenvalue weighted by Gasteiger charge is -2.16. The number of hydrogen-bond acceptors (Lipinski definition) is 2. The highest BCUT2D eigenvalue weighted by molar-refractivity contribution is 5.75. The lowest BCUT2D eigenvalue weighted by Crippen LogP contribution is -2.35. The molecule has 0 aliphatic heterocycles. The van der Waals surface area contributed by atoms with Crippen LogP contribution in [0, 0.1) is 0 Å². The number of nitrogens with zero attached hydrogens (tertiary/aromatic N) is 1. The number of benzene rings is 1. The molecule has 0 bridgehead atoms. The molecule has 0 aliphatic carbocycles. The molecule has 0 heterocycles.